The number of para-hydroxylation sites is 1. The minimum Gasteiger partial charge on any atom is -0.456 e. The fourth-order valence-electron chi connectivity index (χ4n) is 3.30. The van der Waals surface area contributed by atoms with E-state index in [0.717, 1.165) is 10.5 Å². The van der Waals surface area contributed by atoms with Crippen LogP contribution in [0.3, 0.4) is 0 Å². The molecule has 146 valence electrons. The molecule has 8 nitrogen and oxygen atoms in total. The summed E-state index contributed by atoms with van der Waals surface area (Å²) in [6.07, 6.45) is 0.0496. The highest BCUT2D eigenvalue weighted by Gasteiger charge is 2.32. The number of imide groups is 1. The zero-order valence-electron chi connectivity index (χ0n) is 15.6. The van der Waals surface area contributed by atoms with Gasteiger partial charge in [-0.3, -0.25) is 24.1 Å². The summed E-state index contributed by atoms with van der Waals surface area (Å²) in [7, 11) is 0. The molecule has 8 heteroatoms. The number of fused-ring (bicyclic) bond motifs is 2. The van der Waals surface area contributed by atoms with Gasteiger partial charge in [-0.25, -0.2) is 4.98 Å². The van der Waals surface area contributed by atoms with E-state index in [2.05, 4.69) is 9.97 Å². The molecule has 1 aromatic heterocycles. The largest absolute Gasteiger partial charge is 0.456 e. The third-order valence-electron chi connectivity index (χ3n) is 4.78. The number of aromatic nitrogens is 2. The van der Waals surface area contributed by atoms with Crippen molar-refractivity contribution in [2.75, 3.05) is 6.54 Å². The molecule has 0 aliphatic carbocycles. The Morgan fingerprint density at radius 2 is 1.93 bits per heavy atom. The maximum absolute atomic E-state index is 12.5. The molecule has 0 saturated heterocycles. The molecule has 2 aromatic carbocycles. The molecule has 0 radical (unpaired) electrons. The first-order chi connectivity index (χ1) is 13.9. The molecule has 29 heavy (non-hydrogen) atoms. The third-order valence-corrected chi connectivity index (χ3v) is 4.78. The van der Waals surface area contributed by atoms with Crippen molar-refractivity contribution in [3.05, 3.63) is 75.3 Å². The van der Waals surface area contributed by atoms with E-state index in [0.29, 0.717) is 22.0 Å². The molecule has 0 atom stereocenters. The van der Waals surface area contributed by atoms with E-state index < -0.39 is 24.3 Å². The van der Waals surface area contributed by atoms with Gasteiger partial charge >= 0.3 is 5.97 Å². The summed E-state index contributed by atoms with van der Waals surface area (Å²) < 4.78 is 5.14. The van der Waals surface area contributed by atoms with Gasteiger partial charge in [0.05, 0.1) is 17.3 Å². The lowest BCUT2D eigenvalue weighted by Gasteiger charge is -2.25. The summed E-state index contributed by atoms with van der Waals surface area (Å²) in [4.78, 5) is 56.9. The Hall–Kier alpha value is -3.81. The van der Waals surface area contributed by atoms with Gasteiger partial charge in [0.2, 0.25) is 5.91 Å². The molecule has 4 rings (SSSR count). The minimum absolute atomic E-state index is 0.0496. The molecule has 0 unspecified atom stereocenters. The second-order valence-corrected chi connectivity index (χ2v) is 6.76. The predicted molar refractivity (Wildman–Crippen MR) is 103 cm³/mol. The number of esters is 1. The van der Waals surface area contributed by atoms with Crippen LogP contribution in [0.4, 0.5) is 0 Å². The van der Waals surface area contributed by atoms with Gasteiger partial charge in [-0.1, -0.05) is 30.3 Å². The first kappa shape index (κ1) is 18.5. The van der Waals surface area contributed by atoms with Crippen LogP contribution in [0.5, 0.6) is 0 Å². The number of aryl methyl sites for hydroxylation is 1. The summed E-state index contributed by atoms with van der Waals surface area (Å²) >= 11 is 0. The number of carbonyl (C=O) groups excluding carboxylic acids is 3. The normalized spacial score (nSPS) is 13.5. The molecule has 0 spiro atoms. The minimum atomic E-state index is -0.765. The van der Waals surface area contributed by atoms with Crippen LogP contribution in [0.25, 0.3) is 10.9 Å². The lowest BCUT2D eigenvalue weighted by atomic mass is 9.98. The van der Waals surface area contributed by atoms with Gasteiger partial charge in [0.15, 0.2) is 0 Å². The molecular weight excluding hydrogens is 374 g/mol. The first-order valence-electron chi connectivity index (χ1n) is 9.01. The van der Waals surface area contributed by atoms with Gasteiger partial charge in [0.25, 0.3) is 11.5 Å². The average Bonchev–Trinajstić information content (AvgIpc) is 2.70. The van der Waals surface area contributed by atoms with Crippen molar-refractivity contribution in [2.24, 2.45) is 0 Å². The van der Waals surface area contributed by atoms with Crippen LogP contribution in [0.1, 0.15) is 27.3 Å². The van der Waals surface area contributed by atoms with Crippen LogP contribution >= 0.6 is 0 Å². The zero-order chi connectivity index (χ0) is 20.5. The van der Waals surface area contributed by atoms with E-state index in [-0.39, 0.29) is 24.4 Å². The van der Waals surface area contributed by atoms with Gasteiger partial charge in [0.1, 0.15) is 19.0 Å². The molecule has 2 heterocycles. The maximum atomic E-state index is 12.5. The molecular formula is C21H17N3O5. The van der Waals surface area contributed by atoms with E-state index in [1.807, 2.05) is 13.0 Å². The number of aromatic amines is 1. The predicted octanol–water partition coefficient (Wildman–Crippen LogP) is 1.50. The number of hydrogen-bond donors (Lipinski definition) is 1. The Labute approximate surface area is 165 Å². The summed E-state index contributed by atoms with van der Waals surface area (Å²) in [6, 6.07) is 12.0. The van der Waals surface area contributed by atoms with Crippen LogP contribution in [0.15, 0.2) is 47.3 Å². The zero-order valence-corrected chi connectivity index (χ0v) is 15.6. The molecule has 1 aliphatic heterocycles. The second kappa shape index (κ2) is 7.31. The lowest BCUT2D eigenvalue weighted by Crippen LogP contribution is -2.45. The fourth-order valence-corrected chi connectivity index (χ4v) is 3.30. The second-order valence-electron chi connectivity index (χ2n) is 6.76. The number of carbonyl (C=O) groups is 3. The fraction of sp³-hybridized carbons (Fsp3) is 0.190. The van der Waals surface area contributed by atoms with Gasteiger partial charge in [-0.2, -0.15) is 0 Å². The number of ether oxygens (including phenoxy) is 1. The highest BCUT2D eigenvalue weighted by Crippen LogP contribution is 2.19. The van der Waals surface area contributed by atoms with Crippen molar-refractivity contribution in [3.63, 3.8) is 0 Å². The smallest absolute Gasteiger partial charge is 0.326 e. The van der Waals surface area contributed by atoms with Crippen molar-refractivity contribution in [3.8, 4) is 0 Å². The topological polar surface area (TPSA) is 109 Å². The van der Waals surface area contributed by atoms with Crippen LogP contribution in [0.2, 0.25) is 0 Å². The Kier molecular flexibility index (Phi) is 4.67. The number of rotatable bonds is 4. The highest BCUT2D eigenvalue weighted by molar-refractivity contribution is 6.11. The molecule has 0 saturated carbocycles. The van der Waals surface area contributed by atoms with Crippen LogP contribution in [0, 0.1) is 6.92 Å². The van der Waals surface area contributed by atoms with Crippen molar-refractivity contribution in [2.45, 2.75) is 20.0 Å². The molecule has 0 bridgehead atoms. The Balaban J connectivity index is 1.46. The summed E-state index contributed by atoms with van der Waals surface area (Å²) in [5.74, 6) is -1.56. The van der Waals surface area contributed by atoms with Crippen molar-refractivity contribution >= 4 is 28.7 Å². The third kappa shape index (κ3) is 3.52. The van der Waals surface area contributed by atoms with Crippen molar-refractivity contribution in [1.82, 2.24) is 14.9 Å². The monoisotopic (exact) mass is 391 g/mol. The number of nitrogens with zero attached hydrogens (tertiary/aromatic N) is 2. The van der Waals surface area contributed by atoms with E-state index in [4.69, 9.17) is 4.74 Å². The average molecular weight is 391 g/mol. The molecule has 1 aliphatic rings. The summed E-state index contributed by atoms with van der Waals surface area (Å²) in [5, 5.41) is 0.447. The quantitative estimate of drug-likeness (QED) is 0.533. The number of hydrogen-bond acceptors (Lipinski definition) is 6. The van der Waals surface area contributed by atoms with E-state index in [1.165, 1.54) is 0 Å². The molecule has 1 N–H and O–H groups in total. The number of amides is 2. The number of benzene rings is 2. The van der Waals surface area contributed by atoms with Crippen molar-refractivity contribution in [1.29, 1.82) is 0 Å². The number of nitrogens with one attached hydrogen (secondary N) is 1. The van der Waals surface area contributed by atoms with Crippen LogP contribution < -0.4 is 5.56 Å². The Morgan fingerprint density at radius 3 is 2.76 bits per heavy atom. The van der Waals surface area contributed by atoms with E-state index in [1.54, 1.807) is 36.4 Å². The maximum Gasteiger partial charge on any atom is 0.326 e. The SMILES string of the molecule is Cc1cccc2c(=O)[nH]c(COC(=O)CN3C(=O)Cc4ccccc4C3=O)nc12. The Bertz CT molecular complexity index is 1210. The van der Waals surface area contributed by atoms with Gasteiger partial charge in [-0.15, -0.1) is 0 Å². The van der Waals surface area contributed by atoms with Gasteiger partial charge in [-0.05, 0) is 30.2 Å². The summed E-state index contributed by atoms with van der Waals surface area (Å²) in [5.41, 5.74) is 2.06. The van der Waals surface area contributed by atoms with Gasteiger partial charge in [0, 0.05) is 5.56 Å². The van der Waals surface area contributed by atoms with Gasteiger partial charge < -0.3 is 9.72 Å². The highest BCUT2D eigenvalue weighted by atomic mass is 16.5. The van der Waals surface area contributed by atoms with Crippen molar-refractivity contribution < 1.29 is 19.1 Å². The Morgan fingerprint density at radius 1 is 1.14 bits per heavy atom. The van der Waals surface area contributed by atoms with E-state index >= 15 is 0 Å². The van der Waals surface area contributed by atoms with E-state index in [9.17, 15) is 19.2 Å². The molecule has 2 amide bonds. The van der Waals surface area contributed by atoms with Crippen LogP contribution in [-0.2, 0) is 27.4 Å². The first-order valence-corrected chi connectivity index (χ1v) is 9.01. The summed E-state index contributed by atoms with van der Waals surface area (Å²) in [6.45, 7) is 1.06. The van der Waals surface area contributed by atoms with Crippen LogP contribution in [-0.4, -0.2) is 39.2 Å². The molecule has 0 fully saturated rings. The molecule has 3 aromatic rings. The standard InChI is InChI=1S/C21H17N3O5/c1-12-5-4-8-15-19(12)22-16(23-20(15)27)11-29-18(26)10-24-17(25)9-13-6-2-3-7-14(13)21(24)28/h2-8H,9-11H2,1H3,(H,22,23,27). The lowest BCUT2D eigenvalue weighted by molar-refractivity contribution is -0.149. The number of H-pyrrole nitrogens is 1.